The molecule has 0 bridgehead atoms. The van der Waals surface area contributed by atoms with E-state index in [-0.39, 0.29) is 0 Å². The number of nitrogens with zero attached hydrogens (tertiary/aromatic N) is 1. The lowest BCUT2D eigenvalue weighted by atomic mass is 10.1. The molecule has 3 heteroatoms. The van der Waals surface area contributed by atoms with Gasteiger partial charge in [0.25, 0.3) is 0 Å². The lowest BCUT2D eigenvalue weighted by molar-refractivity contribution is 1.18. The van der Waals surface area contributed by atoms with E-state index in [9.17, 15) is 0 Å². The Bertz CT molecular complexity index is 534. The molecule has 2 rings (SSSR count). The summed E-state index contributed by atoms with van der Waals surface area (Å²) in [7, 11) is 3.70. The van der Waals surface area contributed by atoms with Gasteiger partial charge in [0, 0.05) is 19.8 Å². The fourth-order valence-corrected chi connectivity index (χ4v) is 2.49. The quantitative estimate of drug-likeness (QED) is 0.647. The van der Waals surface area contributed by atoms with Crippen LogP contribution in [0.1, 0.15) is 5.56 Å². The van der Waals surface area contributed by atoms with Crippen molar-refractivity contribution >= 4 is 27.7 Å². The van der Waals surface area contributed by atoms with E-state index in [4.69, 9.17) is 0 Å². The largest absolute Gasteiger partial charge is 0.368 e. The first kappa shape index (κ1) is 12.0. The Morgan fingerprint density at radius 3 is 2.65 bits per heavy atom. The number of aliphatic imine (C=N–C) groups is 1. The summed E-state index contributed by atoms with van der Waals surface area (Å²) in [6, 6.07) is 15.0. The molecule has 0 aliphatic carbocycles. The summed E-state index contributed by atoms with van der Waals surface area (Å²) >= 11 is 1.72. The highest BCUT2D eigenvalue weighted by Crippen LogP contribution is 2.19. The Hall–Kier alpha value is -1.48. The molecular weight excluding hydrogens is 228 g/mol. The van der Waals surface area contributed by atoms with Gasteiger partial charge in [-0.25, -0.2) is 0 Å². The molecule has 88 valence electrons. The van der Waals surface area contributed by atoms with Gasteiger partial charge in [-0.3, -0.25) is 4.99 Å². The summed E-state index contributed by atoms with van der Waals surface area (Å²) in [6.45, 7) is 0. The van der Waals surface area contributed by atoms with E-state index >= 15 is 0 Å². The molecule has 2 nitrogen and oxygen atoms in total. The summed E-state index contributed by atoms with van der Waals surface area (Å²) < 4.78 is 0. The molecule has 0 fully saturated rings. The van der Waals surface area contributed by atoms with Gasteiger partial charge in [0.2, 0.25) is 0 Å². The van der Waals surface area contributed by atoms with Crippen molar-refractivity contribution < 1.29 is 0 Å². The summed E-state index contributed by atoms with van der Waals surface area (Å²) in [6.07, 6.45) is 0. The van der Waals surface area contributed by atoms with Crippen LogP contribution in [0, 0.1) is 0 Å². The highest BCUT2D eigenvalue weighted by molar-refractivity contribution is 8.13. The van der Waals surface area contributed by atoms with Crippen LogP contribution in [0.3, 0.4) is 0 Å². The van der Waals surface area contributed by atoms with E-state index in [1.165, 1.54) is 16.3 Å². The second-order valence-corrected chi connectivity index (χ2v) is 4.71. The number of fused-ring (bicyclic) bond motifs is 1. The van der Waals surface area contributed by atoms with Gasteiger partial charge >= 0.3 is 0 Å². The van der Waals surface area contributed by atoms with E-state index in [0.29, 0.717) is 0 Å². The highest BCUT2D eigenvalue weighted by atomic mass is 32.2. The number of rotatable bonds is 2. The van der Waals surface area contributed by atoms with E-state index in [0.717, 1.165) is 10.9 Å². The van der Waals surface area contributed by atoms with Crippen molar-refractivity contribution in [1.82, 2.24) is 5.32 Å². The maximum Gasteiger partial charge on any atom is 0.156 e. The molecule has 2 aromatic carbocycles. The zero-order valence-corrected chi connectivity index (χ0v) is 10.9. The first-order chi connectivity index (χ1) is 8.33. The van der Waals surface area contributed by atoms with E-state index in [1.54, 1.807) is 18.8 Å². The van der Waals surface area contributed by atoms with Gasteiger partial charge in [-0.1, -0.05) is 54.2 Å². The molecule has 0 amide bonds. The molecule has 1 N–H and O–H groups in total. The number of thioether (sulfide) groups is 1. The fourth-order valence-electron chi connectivity index (χ4n) is 1.73. The minimum Gasteiger partial charge on any atom is -0.368 e. The van der Waals surface area contributed by atoms with Crippen LogP contribution in [0.2, 0.25) is 0 Å². The van der Waals surface area contributed by atoms with Crippen LogP contribution >= 0.6 is 11.8 Å². The van der Waals surface area contributed by atoms with Crippen molar-refractivity contribution in [3.8, 4) is 0 Å². The summed E-state index contributed by atoms with van der Waals surface area (Å²) in [5.74, 6) is 0.943. The van der Waals surface area contributed by atoms with Gasteiger partial charge in [-0.2, -0.15) is 0 Å². The average molecular weight is 244 g/mol. The number of hydrogen-bond acceptors (Lipinski definition) is 2. The SMILES string of the molecule is CN=C(NC)SCc1ccc2ccccc2c1. The molecule has 0 heterocycles. The Kier molecular flexibility index (Phi) is 4.04. The number of hydrogen-bond donors (Lipinski definition) is 1. The van der Waals surface area contributed by atoms with Crippen molar-refractivity contribution in [3.05, 3.63) is 48.0 Å². The van der Waals surface area contributed by atoms with Crippen LogP contribution in [0.5, 0.6) is 0 Å². The van der Waals surface area contributed by atoms with Crippen LogP contribution in [0.15, 0.2) is 47.5 Å². The Balaban J connectivity index is 2.14. The second kappa shape index (κ2) is 5.73. The van der Waals surface area contributed by atoms with Gasteiger partial charge in [0.15, 0.2) is 5.17 Å². The summed E-state index contributed by atoms with van der Waals surface area (Å²) in [5.41, 5.74) is 1.32. The van der Waals surface area contributed by atoms with Crippen molar-refractivity contribution in [2.75, 3.05) is 14.1 Å². The zero-order valence-electron chi connectivity index (χ0n) is 10.1. The van der Waals surface area contributed by atoms with Gasteiger partial charge < -0.3 is 5.32 Å². The van der Waals surface area contributed by atoms with Gasteiger partial charge in [-0.15, -0.1) is 0 Å². The zero-order chi connectivity index (χ0) is 12.1. The minimum absolute atomic E-state index is 0.943. The summed E-state index contributed by atoms with van der Waals surface area (Å²) in [4.78, 5) is 4.15. The predicted octanol–water partition coefficient (Wildman–Crippen LogP) is 3.28. The van der Waals surface area contributed by atoms with Crippen LogP contribution in [0.4, 0.5) is 0 Å². The van der Waals surface area contributed by atoms with Crippen molar-refractivity contribution in [2.45, 2.75) is 5.75 Å². The molecule has 0 aliphatic heterocycles. The molecule has 2 aromatic rings. The van der Waals surface area contributed by atoms with E-state index < -0.39 is 0 Å². The molecule has 0 saturated carbocycles. The van der Waals surface area contributed by atoms with E-state index in [2.05, 4.69) is 52.8 Å². The highest BCUT2D eigenvalue weighted by Gasteiger charge is 1.99. The van der Waals surface area contributed by atoms with Crippen LogP contribution in [-0.2, 0) is 5.75 Å². The number of benzene rings is 2. The number of nitrogens with one attached hydrogen (secondary N) is 1. The smallest absolute Gasteiger partial charge is 0.156 e. The maximum absolute atomic E-state index is 4.15. The van der Waals surface area contributed by atoms with Crippen LogP contribution in [-0.4, -0.2) is 19.3 Å². The molecule has 0 spiro atoms. The van der Waals surface area contributed by atoms with Crippen molar-refractivity contribution in [3.63, 3.8) is 0 Å². The summed E-state index contributed by atoms with van der Waals surface area (Å²) in [5, 5.41) is 6.63. The first-order valence-electron chi connectivity index (χ1n) is 5.58. The van der Waals surface area contributed by atoms with E-state index in [1.807, 2.05) is 7.05 Å². The molecule has 0 saturated heterocycles. The first-order valence-corrected chi connectivity index (χ1v) is 6.57. The average Bonchev–Trinajstić information content (AvgIpc) is 2.40. The molecule has 0 aliphatic rings. The molecule has 0 radical (unpaired) electrons. The Labute approximate surface area is 106 Å². The van der Waals surface area contributed by atoms with Crippen LogP contribution < -0.4 is 5.32 Å². The van der Waals surface area contributed by atoms with Crippen LogP contribution in [0.25, 0.3) is 10.8 Å². The maximum atomic E-state index is 4.15. The topological polar surface area (TPSA) is 24.4 Å². The fraction of sp³-hybridized carbons (Fsp3) is 0.214. The third-order valence-corrected chi connectivity index (χ3v) is 3.74. The minimum atomic E-state index is 0.943. The van der Waals surface area contributed by atoms with Gasteiger partial charge in [0.1, 0.15) is 0 Å². The normalized spacial score (nSPS) is 11.8. The second-order valence-electron chi connectivity index (χ2n) is 3.75. The molecule has 17 heavy (non-hydrogen) atoms. The molecule has 0 unspecified atom stereocenters. The Morgan fingerprint density at radius 1 is 1.18 bits per heavy atom. The Morgan fingerprint density at radius 2 is 1.94 bits per heavy atom. The van der Waals surface area contributed by atoms with Gasteiger partial charge in [-0.05, 0) is 16.3 Å². The molecular formula is C14H16N2S. The molecule has 0 atom stereocenters. The lowest BCUT2D eigenvalue weighted by Crippen LogP contribution is -2.13. The third kappa shape index (κ3) is 3.01. The van der Waals surface area contributed by atoms with Gasteiger partial charge in [0.05, 0.1) is 0 Å². The monoisotopic (exact) mass is 244 g/mol. The molecule has 0 aromatic heterocycles. The predicted molar refractivity (Wildman–Crippen MR) is 77.7 cm³/mol. The lowest BCUT2D eigenvalue weighted by Gasteiger charge is -2.05. The number of amidine groups is 1. The van der Waals surface area contributed by atoms with Crippen molar-refractivity contribution in [1.29, 1.82) is 0 Å². The standard InChI is InChI=1S/C14H16N2S/c1-15-14(16-2)17-10-11-7-8-12-5-3-4-6-13(12)9-11/h3-9H,10H2,1-2H3,(H,15,16). The van der Waals surface area contributed by atoms with Crippen molar-refractivity contribution in [2.24, 2.45) is 4.99 Å². The third-order valence-electron chi connectivity index (χ3n) is 2.61.